The molecule has 0 aliphatic carbocycles. The van der Waals surface area contributed by atoms with Crippen LogP contribution in [0.4, 0.5) is 0 Å². The van der Waals surface area contributed by atoms with Crippen molar-refractivity contribution in [3.05, 3.63) is 35.9 Å². The van der Waals surface area contributed by atoms with Crippen molar-refractivity contribution in [3.63, 3.8) is 0 Å². The summed E-state index contributed by atoms with van der Waals surface area (Å²) in [6.45, 7) is 12.6. The van der Waals surface area contributed by atoms with E-state index in [1.807, 2.05) is 0 Å². The first-order chi connectivity index (χ1) is 9.29. The smallest absolute Gasteiger partial charge is 0.0206 e. The summed E-state index contributed by atoms with van der Waals surface area (Å²) in [5.41, 5.74) is 1.37. The Labute approximate surface area is 117 Å². The van der Waals surface area contributed by atoms with Crippen molar-refractivity contribution in [3.8, 4) is 0 Å². The fourth-order valence-corrected chi connectivity index (χ4v) is 2.81. The van der Waals surface area contributed by atoms with Gasteiger partial charge >= 0.3 is 0 Å². The van der Waals surface area contributed by atoms with Gasteiger partial charge in [-0.05, 0) is 19.0 Å². The number of rotatable bonds is 6. The summed E-state index contributed by atoms with van der Waals surface area (Å²) < 4.78 is 0. The summed E-state index contributed by atoms with van der Waals surface area (Å²) in [5.74, 6) is 0. The molecule has 0 aromatic heterocycles. The molecular formula is C16H27N3. The molecule has 3 heteroatoms. The molecule has 1 aliphatic heterocycles. The topological polar surface area (TPSA) is 18.5 Å². The molecule has 19 heavy (non-hydrogen) atoms. The Morgan fingerprint density at radius 1 is 1.21 bits per heavy atom. The van der Waals surface area contributed by atoms with Gasteiger partial charge in [-0.15, -0.1) is 0 Å². The van der Waals surface area contributed by atoms with Crippen molar-refractivity contribution >= 4 is 0 Å². The van der Waals surface area contributed by atoms with Crippen LogP contribution in [-0.2, 0) is 6.54 Å². The predicted octanol–water partition coefficient (Wildman–Crippen LogP) is 1.80. The molecule has 0 saturated carbocycles. The van der Waals surface area contributed by atoms with Crippen LogP contribution >= 0.6 is 0 Å². The van der Waals surface area contributed by atoms with Gasteiger partial charge in [-0.25, -0.2) is 0 Å². The zero-order valence-corrected chi connectivity index (χ0v) is 12.3. The first kappa shape index (κ1) is 14.5. The van der Waals surface area contributed by atoms with Gasteiger partial charge in [-0.3, -0.25) is 9.80 Å². The molecule has 1 heterocycles. The van der Waals surface area contributed by atoms with E-state index in [-0.39, 0.29) is 0 Å². The third-order valence-electron chi connectivity index (χ3n) is 4.03. The van der Waals surface area contributed by atoms with Crippen molar-refractivity contribution in [2.75, 3.05) is 39.3 Å². The van der Waals surface area contributed by atoms with Gasteiger partial charge in [0.05, 0.1) is 0 Å². The molecule has 1 fully saturated rings. The second kappa shape index (κ2) is 7.63. The molecule has 1 unspecified atom stereocenters. The molecule has 0 bridgehead atoms. The van der Waals surface area contributed by atoms with E-state index in [1.54, 1.807) is 0 Å². The van der Waals surface area contributed by atoms with E-state index in [2.05, 4.69) is 59.3 Å². The van der Waals surface area contributed by atoms with Gasteiger partial charge in [0.15, 0.2) is 0 Å². The normalized spacial score (nSPS) is 21.7. The van der Waals surface area contributed by atoms with Gasteiger partial charge in [0.25, 0.3) is 0 Å². The van der Waals surface area contributed by atoms with E-state index < -0.39 is 0 Å². The van der Waals surface area contributed by atoms with Crippen LogP contribution < -0.4 is 5.32 Å². The highest BCUT2D eigenvalue weighted by molar-refractivity contribution is 5.14. The summed E-state index contributed by atoms with van der Waals surface area (Å²) >= 11 is 0. The molecule has 1 aliphatic rings. The number of nitrogens with one attached hydrogen (secondary N) is 1. The third kappa shape index (κ3) is 4.60. The molecule has 0 radical (unpaired) electrons. The monoisotopic (exact) mass is 261 g/mol. The molecule has 106 valence electrons. The number of nitrogens with zero attached hydrogens (tertiary/aromatic N) is 2. The van der Waals surface area contributed by atoms with Gasteiger partial charge in [0.2, 0.25) is 0 Å². The van der Waals surface area contributed by atoms with Gasteiger partial charge in [-0.2, -0.15) is 0 Å². The standard InChI is InChI=1S/C16H27N3/c1-3-19-12-11-18(14-15(19)2)10-9-17-13-16-7-5-4-6-8-16/h4-8,15,17H,3,9-14H2,1-2H3. The van der Waals surface area contributed by atoms with Crippen LogP contribution in [0.5, 0.6) is 0 Å². The van der Waals surface area contributed by atoms with E-state index in [9.17, 15) is 0 Å². The third-order valence-corrected chi connectivity index (χ3v) is 4.03. The van der Waals surface area contributed by atoms with E-state index in [1.165, 1.54) is 31.7 Å². The van der Waals surface area contributed by atoms with Crippen molar-refractivity contribution in [2.24, 2.45) is 0 Å². The maximum Gasteiger partial charge on any atom is 0.0206 e. The minimum absolute atomic E-state index is 0.702. The van der Waals surface area contributed by atoms with Gasteiger partial charge < -0.3 is 5.32 Å². The molecule has 1 aromatic carbocycles. The Hall–Kier alpha value is -0.900. The molecule has 2 rings (SSSR count). The lowest BCUT2D eigenvalue weighted by molar-refractivity contribution is 0.0887. The first-order valence-corrected chi connectivity index (χ1v) is 7.50. The van der Waals surface area contributed by atoms with Crippen molar-refractivity contribution < 1.29 is 0 Å². The molecule has 0 spiro atoms. The Balaban J connectivity index is 1.61. The molecule has 1 aromatic rings. The van der Waals surface area contributed by atoms with E-state index in [0.29, 0.717) is 6.04 Å². The Morgan fingerprint density at radius 2 is 2.00 bits per heavy atom. The summed E-state index contributed by atoms with van der Waals surface area (Å²) in [6.07, 6.45) is 0. The van der Waals surface area contributed by atoms with Gasteiger partial charge in [-0.1, -0.05) is 37.3 Å². The second-order valence-electron chi connectivity index (χ2n) is 5.44. The average molecular weight is 261 g/mol. The van der Waals surface area contributed by atoms with E-state index in [0.717, 1.165) is 19.6 Å². The first-order valence-electron chi connectivity index (χ1n) is 7.50. The number of piperazine rings is 1. The number of hydrogen-bond acceptors (Lipinski definition) is 3. The molecule has 1 N–H and O–H groups in total. The highest BCUT2D eigenvalue weighted by Crippen LogP contribution is 2.08. The minimum Gasteiger partial charge on any atom is -0.311 e. The lowest BCUT2D eigenvalue weighted by atomic mass is 10.2. The minimum atomic E-state index is 0.702. The van der Waals surface area contributed by atoms with E-state index >= 15 is 0 Å². The van der Waals surface area contributed by atoms with Gasteiger partial charge in [0.1, 0.15) is 0 Å². The van der Waals surface area contributed by atoms with Gasteiger partial charge in [0, 0.05) is 45.3 Å². The van der Waals surface area contributed by atoms with Crippen molar-refractivity contribution in [1.82, 2.24) is 15.1 Å². The highest BCUT2D eigenvalue weighted by atomic mass is 15.3. The van der Waals surface area contributed by atoms with Crippen LogP contribution in [0.25, 0.3) is 0 Å². The fourth-order valence-electron chi connectivity index (χ4n) is 2.81. The van der Waals surface area contributed by atoms with Crippen LogP contribution in [-0.4, -0.2) is 55.1 Å². The highest BCUT2D eigenvalue weighted by Gasteiger charge is 2.21. The van der Waals surface area contributed by atoms with Crippen LogP contribution in [0, 0.1) is 0 Å². The quantitative estimate of drug-likeness (QED) is 0.788. The van der Waals surface area contributed by atoms with Crippen LogP contribution in [0.1, 0.15) is 19.4 Å². The maximum atomic E-state index is 3.53. The average Bonchev–Trinajstić information content (AvgIpc) is 2.45. The number of likely N-dealkylation sites (N-methyl/N-ethyl adjacent to an activating group) is 1. The zero-order valence-electron chi connectivity index (χ0n) is 12.3. The molecular weight excluding hydrogens is 234 g/mol. The molecule has 3 nitrogen and oxygen atoms in total. The second-order valence-corrected chi connectivity index (χ2v) is 5.44. The van der Waals surface area contributed by atoms with Crippen LogP contribution in [0.2, 0.25) is 0 Å². The van der Waals surface area contributed by atoms with Crippen molar-refractivity contribution in [2.45, 2.75) is 26.4 Å². The lowest BCUT2D eigenvalue weighted by Crippen LogP contribution is -2.52. The summed E-state index contributed by atoms with van der Waals surface area (Å²) in [4.78, 5) is 5.14. The van der Waals surface area contributed by atoms with Crippen molar-refractivity contribution in [1.29, 1.82) is 0 Å². The summed E-state index contributed by atoms with van der Waals surface area (Å²) in [7, 11) is 0. The summed E-state index contributed by atoms with van der Waals surface area (Å²) in [6, 6.07) is 11.3. The maximum absolute atomic E-state index is 3.53. The predicted molar refractivity (Wildman–Crippen MR) is 81.3 cm³/mol. The largest absolute Gasteiger partial charge is 0.311 e. The fraction of sp³-hybridized carbons (Fsp3) is 0.625. The Morgan fingerprint density at radius 3 is 2.68 bits per heavy atom. The SMILES string of the molecule is CCN1CCN(CCNCc2ccccc2)CC1C. The lowest BCUT2D eigenvalue weighted by Gasteiger charge is -2.39. The van der Waals surface area contributed by atoms with E-state index in [4.69, 9.17) is 0 Å². The number of benzene rings is 1. The molecule has 1 saturated heterocycles. The Kier molecular flexibility index (Phi) is 5.83. The number of hydrogen-bond donors (Lipinski definition) is 1. The zero-order chi connectivity index (χ0) is 13.5. The molecule has 1 atom stereocenters. The van der Waals surface area contributed by atoms with Crippen LogP contribution in [0.15, 0.2) is 30.3 Å². The van der Waals surface area contributed by atoms with Crippen LogP contribution in [0.3, 0.4) is 0 Å². The molecule has 0 amide bonds. The Bertz CT molecular complexity index is 352. The summed E-state index contributed by atoms with van der Waals surface area (Å²) in [5, 5.41) is 3.53.